The third kappa shape index (κ3) is 5.80. The highest BCUT2D eigenvalue weighted by Crippen LogP contribution is 2.64. The van der Waals surface area contributed by atoms with Crippen molar-refractivity contribution in [2.24, 2.45) is 0 Å². The molecule has 12 aromatic rings. The highest BCUT2D eigenvalue weighted by Gasteiger charge is 2.52. The van der Waals surface area contributed by atoms with E-state index in [0.29, 0.717) is 0 Å². The third-order valence-corrected chi connectivity index (χ3v) is 18.2. The summed E-state index contributed by atoms with van der Waals surface area (Å²) in [5.41, 5.74) is 29.2. The van der Waals surface area contributed by atoms with E-state index in [0.717, 1.165) is 17.1 Å². The Morgan fingerprint density at radius 3 is 1.28 bits per heavy atom. The van der Waals surface area contributed by atoms with Crippen molar-refractivity contribution in [3.05, 3.63) is 293 Å². The summed E-state index contributed by atoms with van der Waals surface area (Å²) in [4.78, 5) is 2.49. The maximum Gasteiger partial charge on any atom is 0.0725 e. The summed E-state index contributed by atoms with van der Waals surface area (Å²) in [6.07, 6.45) is 0. The number of hydrogen-bond acceptors (Lipinski definition) is 1. The molecule has 0 amide bonds. The molecule has 4 aliphatic carbocycles. The second kappa shape index (κ2) is 15.5. The summed E-state index contributed by atoms with van der Waals surface area (Å²) in [6.45, 7) is 9.51. The van der Waals surface area contributed by atoms with Gasteiger partial charge in [-0.05, 0) is 187 Å². The molecule has 0 fully saturated rings. The van der Waals surface area contributed by atoms with Crippen molar-refractivity contribution in [2.75, 3.05) is 4.90 Å². The highest BCUT2D eigenvalue weighted by molar-refractivity contribution is 6.03. The summed E-state index contributed by atoms with van der Waals surface area (Å²) in [5.74, 6) is 0. The summed E-state index contributed by atoms with van der Waals surface area (Å²) >= 11 is 0. The van der Waals surface area contributed by atoms with Gasteiger partial charge in [-0.25, -0.2) is 0 Å². The molecule has 0 unspecified atom stereocenters. The van der Waals surface area contributed by atoms with Gasteiger partial charge in [-0.15, -0.1) is 0 Å². The van der Waals surface area contributed by atoms with Crippen LogP contribution in [0.2, 0.25) is 0 Å². The van der Waals surface area contributed by atoms with E-state index in [1.807, 2.05) is 0 Å². The van der Waals surface area contributed by atoms with Crippen molar-refractivity contribution in [3.63, 3.8) is 0 Å². The number of nitrogens with zero attached hydrogens (tertiary/aromatic N) is 1. The molecule has 0 heterocycles. The molecule has 1 heteroatoms. The lowest BCUT2D eigenvalue weighted by atomic mass is 9.70. The van der Waals surface area contributed by atoms with Crippen LogP contribution in [0.5, 0.6) is 0 Å². The van der Waals surface area contributed by atoms with Crippen molar-refractivity contribution in [1.82, 2.24) is 0 Å². The molecule has 16 rings (SSSR count). The van der Waals surface area contributed by atoms with E-state index in [9.17, 15) is 0 Å². The molecule has 0 radical (unpaired) electrons. The Balaban J connectivity index is 0.845. The lowest BCUT2D eigenvalue weighted by Gasteiger charge is -2.31. The van der Waals surface area contributed by atoms with E-state index in [4.69, 9.17) is 0 Å². The monoisotopic (exact) mass is 967 g/mol. The normalized spacial score (nSPS) is 14.9. The molecule has 0 aromatic heterocycles. The molecule has 0 saturated carbocycles. The predicted octanol–water partition coefficient (Wildman–Crippen LogP) is 19.8. The maximum atomic E-state index is 2.52. The van der Waals surface area contributed by atoms with Gasteiger partial charge in [0.1, 0.15) is 0 Å². The van der Waals surface area contributed by atoms with Gasteiger partial charge in [0.05, 0.1) is 5.41 Å². The van der Waals surface area contributed by atoms with Gasteiger partial charge in [-0.3, -0.25) is 0 Å². The maximum absolute atomic E-state index is 2.52. The van der Waals surface area contributed by atoms with Gasteiger partial charge >= 0.3 is 0 Å². The Morgan fingerprint density at radius 2 is 0.632 bits per heavy atom. The summed E-state index contributed by atoms with van der Waals surface area (Å²) in [5, 5.41) is 4.93. The quantitative estimate of drug-likeness (QED) is 0.166. The van der Waals surface area contributed by atoms with Crippen LogP contribution in [0.25, 0.3) is 88.3 Å². The molecule has 0 atom stereocenters. The van der Waals surface area contributed by atoms with Crippen LogP contribution >= 0.6 is 0 Å². The second-order valence-corrected chi connectivity index (χ2v) is 22.8. The van der Waals surface area contributed by atoms with E-state index >= 15 is 0 Å². The Kier molecular flexibility index (Phi) is 8.85. The van der Waals surface area contributed by atoms with Crippen molar-refractivity contribution >= 4 is 38.6 Å². The van der Waals surface area contributed by atoms with Crippen molar-refractivity contribution in [2.45, 2.75) is 43.9 Å². The molecule has 0 aliphatic heterocycles. The largest absolute Gasteiger partial charge is 0.310 e. The zero-order chi connectivity index (χ0) is 50.7. The minimum atomic E-state index is -0.471. The standard InChI is InChI=1S/C75H53N/c1-73(2)64-23-11-7-18-57(64)61-38-35-54(44-69(61)73)76(55-36-39-62-58-19-8-12-24-65(58)74(3,4)70(62)45-55)53-34-32-49-40-48(29-30-50(49)42-53)51-33-37-63-71(43-51)75(66-25-13-9-20-59(66)60-21-10-14-26-67(60)75)68-27-15-22-56(72(63)68)52-31-28-46-16-5-6-17-47(46)41-52/h5-45H,1-4H3. The van der Waals surface area contributed by atoms with Crippen LogP contribution in [-0.2, 0) is 16.2 Å². The molecule has 358 valence electrons. The zero-order valence-corrected chi connectivity index (χ0v) is 43.1. The number of hydrogen-bond donors (Lipinski definition) is 0. The minimum Gasteiger partial charge on any atom is -0.310 e. The Hall–Kier alpha value is -9.04. The van der Waals surface area contributed by atoms with E-state index in [1.54, 1.807) is 0 Å². The number of rotatable bonds is 5. The molecular formula is C75H53N. The van der Waals surface area contributed by atoms with Crippen molar-refractivity contribution < 1.29 is 0 Å². The molecule has 0 saturated heterocycles. The number of benzene rings is 12. The summed E-state index contributed by atoms with van der Waals surface area (Å²) in [6, 6.07) is 94.6. The fourth-order valence-corrected chi connectivity index (χ4v) is 14.6. The molecule has 4 aliphatic rings. The topological polar surface area (TPSA) is 3.24 Å². The van der Waals surface area contributed by atoms with Crippen LogP contribution in [-0.4, -0.2) is 0 Å². The van der Waals surface area contributed by atoms with Gasteiger partial charge in [-0.1, -0.05) is 222 Å². The van der Waals surface area contributed by atoms with Gasteiger partial charge in [0.2, 0.25) is 0 Å². The molecule has 0 N–H and O–H groups in total. The SMILES string of the molecule is CC1(C)c2ccccc2-c2ccc(N(c3ccc4c(c3)C(C)(C)c3ccccc3-4)c3ccc4cc(-c5ccc6c(c5)C5(c7ccccc7-c7ccccc75)c5cccc(-c7ccc8ccccc8c7)c5-6)ccc4c3)cc21. The average molecular weight is 968 g/mol. The van der Waals surface area contributed by atoms with E-state index < -0.39 is 5.41 Å². The first-order valence-corrected chi connectivity index (χ1v) is 27.0. The van der Waals surface area contributed by atoms with E-state index in [-0.39, 0.29) is 10.8 Å². The lowest BCUT2D eigenvalue weighted by Crippen LogP contribution is -2.25. The zero-order valence-electron chi connectivity index (χ0n) is 43.1. The van der Waals surface area contributed by atoms with Gasteiger partial charge in [-0.2, -0.15) is 0 Å². The Bertz CT molecular complexity index is 4330. The average Bonchev–Trinajstić information content (AvgIpc) is 4.27. The Labute approximate surface area is 445 Å². The fraction of sp³-hybridized carbons (Fsp3) is 0.0933. The first-order chi connectivity index (χ1) is 37.2. The van der Waals surface area contributed by atoms with Crippen LogP contribution in [0.15, 0.2) is 249 Å². The number of fused-ring (bicyclic) bond motifs is 18. The minimum absolute atomic E-state index is 0.126. The molecule has 76 heavy (non-hydrogen) atoms. The lowest BCUT2D eigenvalue weighted by molar-refractivity contribution is 0.660. The molecule has 1 spiro atoms. The van der Waals surface area contributed by atoms with Crippen LogP contribution in [0.3, 0.4) is 0 Å². The molecule has 1 nitrogen and oxygen atoms in total. The first-order valence-electron chi connectivity index (χ1n) is 27.0. The van der Waals surface area contributed by atoms with E-state index in [1.165, 1.54) is 133 Å². The van der Waals surface area contributed by atoms with Gasteiger partial charge in [0.25, 0.3) is 0 Å². The summed E-state index contributed by atoms with van der Waals surface area (Å²) < 4.78 is 0. The van der Waals surface area contributed by atoms with Gasteiger partial charge in [0.15, 0.2) is 0 Å². The molecular weight excluding hydrogens is 915 g/mol. The van der Waals surface area contributed by atoms with Gasteiger partial charge < -0.3 is 4.90 Å². The first kappa shape index (κ1) is 43.4. The van der Waals surface area contributed by atoms with Crippen molar-refractivity contribution in [1.29, 1.82) is 0 Å². The molecule has 12 aromatic carbocycles. The van der Waals surface area contributed by atoms with Crippen LogP contribution in [0.4, 0.5) is 17.1 Å². The predicted molar refractivity (Wildman–Crippen MR) is 318 cm³/mol. The van der Waals surface area contributed by atoms with E-state index in [2.05, 4.69) is 281 Å². The smallest absolute Gasteiger partial charge is 0.0725 e. The molecule has 0 bridgehead atoms. The number of anilines is 3. The second-order valence-electron chi connectivity index (χ2n) is 22.8. The highest BCUT2D eigenvalue weighted by atomic mass is 15.1. The van der Waals surface area contributed by atoms with Crippen molar-refractivity contribution in [3.8, 4) is 66.8 Å². The summed E-state index contributed by atoms with van der Waals surface area (Å²) in [7, 11) is 0. The third-order valence-electron chi connectivity index (χ3n) is 18.2. The van der Waals surface area contributed by atoms with Crippen LogP contribution < -0.4 is 4.90 Å². The fourth-order valence-electron chi connectivity index (χ4n) is 14.6. The van der Waals surface area contributed by atoms with Crippen LogP contribution in [0, 0.1) is 0 Å². The Morgan fingerprint density at radius 1 is 0.237 bits per heavy atom. The van der Waals surface area contributed by atoms with Gasteiger partial charge in [0, 0.05) is 27.9 Å². The van der Waals surface area contributed by atoms with Crippen LogP contribution in [0.1, 0.15) is 72.2 Å².